The lowest BCUT2D eigenvalue weighted by molar-refractivity contribution is 0.122. The summed E-state index contributed by atoms with van der Waals surface area (Å²) in [6, 6.07) is 2.23. The molecule has 0 aromatic carbocycles. The van der Waals surface area contributed by atoms with E-state index in [2.05, 4.69) is 30.2 Å². The molecule has 1 N–H and O–H groups in total. The average Bonchev–Trinajstić information content (AvgIpc) is 3.15. The predicted octanol–water partition coefficient (Wildman–Crippen LogP) is 1.38. The number of fused-ring (bicyclic) bond motifs is 1. The molecule has 2 saturated heterocycles. The summed E-state index contributed by atoms with van der Waals surface area (Å²) in [5.41, 5.74) is 0.874. The molecule has 1 unspecified atom stereocenters. The van der Waals surface area contributed by atoms with Crippen molar-refractivity contribution in [2.24, 2.45) is 7.05 Å². The molecule has 0 spiro atoms. The van der Waals surface area contributed by atoms with Gasteiger partial charge in [-0.05, 0) is 25.8 Å². The zero-order valence-corrected chi connectivity index (χ0v) is 17.5. The van der Waals surface area contributed by atoms with Gasteiger partial charge in [0.1, 0.15) is 17.5 Å². The number of piperidine rings is 1. The van der Waals surface area contributed by atoms with Gasteiger partial charge in [0.2, 0.25) is 5.95 Å². The average molecular weight is 409 g/mol. The molecule has 0 aliphatic carbocycles. The van der Waals surface area contributed by atoms with Crippen LogP contribution in [-0.2, 0) is 11.8 Å². The molecule has 0 radical (unpaired) electrons. The fourth-order valence-corrected chi connectivity index (χ4v) is 4.20. The van der Waals surface area contributed by atoms with Crippen LogP contribution in [0, 0.1) is 6.92 Å². The summed E-state index contributed by atoms with van der Waals surface area (Å²) in [6.45, 7) is 6.87. The molecule has 2 aliphatic heterocycles. The van der Waals surface area contributed by atoms with Crippen molar-refractivity contribution < 1.29 is 4.74 Å². The van der Waals surface area contributed by atoms with Gasteiger partial charge in [-0.3, -0.25) is 4.68 Å². The molecule has 1 atom stereocenters. The molecule has 0 bridgehead atoms. The first-order valence-corrected chi connectivity index (χ1v) is 10.5. The number of rotatable bonds is 4. The van der Waals surface area contributed by atoms with Gasteiger partial charge >= 0.3 is 0 Å². The summed E-state index contributed by atoms with van der Waals surface area (Å²) in [6.07, 6.45) is 5.87. The lowest BCUT2D eigenvalue weighted by Crippen LogP contribution is -2.43. The third-order valence-corrected chi connectivity index (χ3v) is 5.69. The van der Waals surface area contributed by atoms with Gasteiger partial charge in [-0.2, -0.15) is 10.1 Å². The Balaban J connectivity index is 1.33. The van der Waals surface area contributed by atoms with Crippen LogP contribution in [-0.4, -0.2) is 75.2 Å². The lowest BCUT2D eigenvalue weighted by Gasteiger charge is -2.34. The zero-order valence-electron chi connectivity index (χ0n) is 17.5. The normalized spacial score (nSPS) is 20.0. The first kappa shape index (κ1) is 19.0. The summed E-state index contributed by atoms with van der Waals surface area (Å²) in [5.74, 6) is 3.36. The Bertz CT molecular complexity index is 1030. The standard InChI is InChI=1S/C20H27N9O/c1-14-23-18-16(12-22-27(18)2)19(24-14)29-7-3-4-15(13-29)25-17-5-6-21-20(26-17)28-8-10-30-11-9-28/h5-6,12,15H,3-4,7-11,13H2,1-2H3,(H,21,25,26). The number of hydrogen-bond donors (Lipinski definition) is 1. The van der Waals surface area contributed by atoms with E-state index in [9.17, 15) is 0 Å². The Morgan fingerprint density at radius 3 is 2.83 bits per heavy atom. The first-order valence-electron chi connectivity index (χ1n) is 10.5. The Morgan fingerprint density at radius 1 is 1.10 bits per heavy atom. The smallest absolute Gasteiger partial charge is 0.227 e. The number of ether oxygens (including phenoxy) is 1. The largest absolute Gasteiger partial charge is 0.378 e. The van der Waals surface area contributed by atoms with Gasteiger partial charge in [-0.1, -0.05) is 0 Å². The van der Waals surface area contributed by atoms with Gasteiger partial charge in [-0.15, -0.1) is 0 Å². The molecule has 3 aromatic rings. The molecular formula is C20H27N9O. The summed E-state index contributed by atoms with van der Waals surface area (Å²) in [5, 5.41) is 8.99. The lowest BCUT2D eigenvalue weighted by atomic mass is 10.1. The van der Waals surface area contributed by atoms with E-state index in [0.29, 0.717) is 0 Å². The molecule has 158 valence electrons. The van der Waals surface area contributed by atoms with Crippen LogP contribution in [0.5, 0.6) is 0 Å². The van der Waals surface area contributed by atoms with Crippen molar-refractivity contribution in [1.82, 2.24) is 29.7 Å². The molecule has 10 heteroatoms. The van der Waals surface area contributed by atoms with E-state index >= 15 is 0 Å². The molecule has 30 heavy (non-hydrogen) atoms. The Morgan fingerprint density at radius 2 is 1.97 bits per heavy atom. The van der Waals surface area contributed by atoms with Gasteiger partial charge in [0.15, 0.2) is 5.65 Å². The second-order valence-corrected chi connectivity index (χ2v) is 7.87. The second kappa shape index (κ2) is 8.02. The quantitative estimate of drug-likeness (QED) is 0.685. The minimum atomic E-state index is 0.285. The number of morpholine rings is 1. The number of anilines is 3. The van der Waals surface area contributed by atoms with Crippen molar-refractivity contribution in [2.45, 2.75) is 25.8 Å². The van der Waals surface area contributed by atoms with Gasteiger partial charge in [0, 0.05) is 45.5 Å². The maximum absolute atomic E-state index is 5.43. The van der Waals surface area contributed by atoms with E-state index in [4.69, 9.17) is 14.7 Å². The van der Waals surface area contributed by atoms with Crippen LogP contribution in [0.3, 0.4) is 0 Å². The predicted molar refractivity (Wildman–Crippen MR) is 115 cm³/mol. The van der Waals surface area contributed by atoms with E-state index in [0.717, 1.165) is 86.7 Å². The van der Waals surface area contributed by atoms with Gasteiger partial charge < -0.3 is 19.9 Å². The highest BCUT2D eigenvalue weighted by Crippen LogP contribution is 2.27. The molecule has 0 saturated carbocycles. The molecule has 0 amide bonds. The third-order valence-electron chi connectivity index (χ3n) is 5.69. The summed E-state index contributed by atoms with van der Waals surface area (Å²) in [4.78, 5) is 23.0. The SMILES string of the molecule is Cc1nc(N2CCCC(Nc3ccnc(N4CCOCC4)n3)C2)c2cnn(C)c2n1. The highest BCUT2D eigenvalue weighted by Gasteiger charge is 2.24. The number of aryl methyl sites for hydroxylation is 2. The molecule has 10 nitrogen and oxygen atoms in total. The third kappa shape index (κ3) is 3.74. The minimum Gasteiger partial charge on any atom is -0.378 e. The number of aromatic nitrogens is 6. The summed E-state index contributed by atoms with van der Waals surface area (Å²) >= 11 is 0. The van der Waals surface area contributed by atoms with E-state index < -0.39 is 0 Å². The van der Waals surface area contributed by atoms with Crippen LogP contribution in [0.2, 0.25) is 0 Å². The Hall–Kier alpha value is -3.01. The van der Waals surface area contributed by atoms with Gasteiger partial charge in [0.05, 0.1) is 24.8 Å². The van der Waals surface area contributed by atoms with Gasteiger partial charge in [0.25, 0.3) is 0 Å². The second-order valence-electron chi connectivity index (χ2n) is 7.87. The first-order chi connectivity index (χ1) is 14.7. The van der Waals surface area contributed by atoms with E-state index in [-0.39, 0.29) is 6.04 Å². The summed E-state index contributed by atoms with van der Waals surface area (Å²) in [7, 11) is 1.92. The van der Waals surface area contributed by atoms with Crippen LogP contribution >= 0.6 is 0 Å². The zero-order chi connectivity index (χ0) is 20.5. The molecule has 5 heterocycles. The van der Waals surface area contributed by atoms with E-state index in [1.165, 1.54) is 0 Å². The van der Waals surface area contributed by atoms with Crippen molar-refractivity contribution in [1.29, 1.82) is 0 Å². The van der Waals surface area contributed by atoms with Crippen LogP contribution in [0.1, 0.15) is 18.7 Å². The summed E-state index contributed by atoms with van der Waals surface area (Å²) < 4.78 is 7.24. The van der Waals surface area contributed by atoms with Crippen molar-refractivity contribution in [3.63, 3.8) is 0 Å². The molecular weight excluding hydrogens is 382 g/mol. The van der Waals surface area contributed by atoms with Crippen LogP contribution in [0.25, 0.3) is 11.0 Å². The van der Waals surface area contributed by atoms with Crippen molar-refractivity contribution >= 4 is 28.6 Å². The fraction of sp³-hybridized carbons (Fsp3) is 0.550. The maximum atomic E-state index is 5.43. The van der Waals surface area contributed by atoms with E-state index in [1.54, 1.807) is 4.68 Å². The number of hydrogen-bond acceptors (Lipinski definition) is 9. The number of nitrogens with zero attached hydrogens (tertiary/aromatic N) is 8. The fourth-order valence-electron chi connectivity index (χ4n) is 4.20. The molecule has 2 fully saturated rings. The Kier molecular flexibility index (Phi) is 5.07. The Labute approximate surface area is 175 Å². The highest BCUT2D eigenvalue weighted by molar-refractivity contribution is 5.87. The monoisotopic (exact) mass is 409 g/mol. The highest BCUT2D eigenvalue weighted by atomic mass is 16.5. The maximum Gasteiger partial charge on any atom is 0.227 e. The van der Waals surface area contributed by atoms with Crippen molar-refractivity contribution in [3.05, 3.63) is 24.3 Å². The minimum absolute atomic E-state index is 0.285. The number of nitrogens with one attached hydrogen (secondary N) is 1. The topological polar surface area (TPSA) is 97.1 Å². The van der Waals surface area contributed by atoms with Crippen LogP contribution in [0.15, 0.2) is 18.5 Å². The van der Waals surface area contributed by atoms with Crippen LogP contribution < -0.4 is 15.1 Å². The molecule has 5 rings (SSSR count). The van der Waals surface area contributed by atoms with Crippen LogP contribution in [0.4, 0.5) is 17.6 Å². The van der Waals surface area contributed by atoms with Gasteiger partial charge in [-0.25, -0.2) is 15.0 Å². The van der Waals surface area contributed by atoms with Crippen molar-refractivity contribution in [2.75, 3.05) is 54.5 Å². The van der Waals surface area contributed by atoms with Crippen molar-refractivity contribution in [3.8, 4) is 0 Å². The van der Waals surface area contributed by atoms with E-state index in [1.807, 2.05) is 32.4 Å². The molecule has 3 aromatic heterocycles. The molecule has 2 aliphatic rings.